The van der Waals surface area contributed by atoms with E-state index in [4.69, 9.17) is 0 Å². The van der Waals surface area contributed by atoms with Gasteiger partial charge in [0.1, 0.15) is 11.9 Å². The van der Waals surface area contributed by atoms with E-state index in [2.05, 4.69) is 25.5 Å². The fourth-order valence-corrected chi connectivity index (χ4v) is 3.31. The number of nitrogens with one attached hydrogen (secondary N) is 3. The molecule has 1 aromatic carbocycles. The zero-order valence-electron chi connectivity index (χ0n) is 16.3. The van der Waals surface area contributed by atoms with Gasteiger partial charge in [-0.05, 0) is 5.41 Å². The summed E-state index contributed by atoms with van der Waals surface area (Å²) in [6, 6.07) is 9.20. The van der Waals surface area contributed by atoms with Gasteiger partial charge in [-0.15, -0.1) is 0 Å². The lowest BCUT2D eigenvalue weighted by atomic mass is 9.86. The molecule has 7 nitrogen and oxygen atoms in total. The number of amides is 2. The summed E-state index contributed by atoms with van der Waals surface area (Å²) < 4.78 is 2.09. The Balaban J connectivity index is 1.98. The summed E-state index contributed by atoms with van der Waals surface area (Å²) in [6.07, 6.45) is 0. The molecule has 1 atom stereocenters. The maximum absolute atomic E-state index is 13.0. The van der Waals surface area contributed by atoms with Gasteiger partial charge in [-0.3, -0.25) is 9.59 Å². The highest BCUT2D eigenvalue weighted by atomic mass is 16.2. The second kappa shape index (κ2) is 7.52. The number of hydrogen-bond donors (Lipinski definition) is 3. The van der Waals surface area contributed by atoms with E-state index < -0.39 is 11.5 Å². The van der Waals surface area contributed by atoms with Gasteiger partial charge in [0, 0.05) is 32.2 Å². The minimum absolute atomic E-state index is 0.217. The quantitative estimate of drug-likeness (QED) is 0.763. The molecule has 27 heavy (non-hydrogen) atoms. The molecule has 1 aromatic heterocycles. The van der Waals surface area contributed by atoms with Crippen LogP contribution in [0, 0.1) is 5.41 Å². The van der Waals surface area contributed by atoms with E-state index in [-0.39, 0.29) is 11.8 Å². The summed E-state index contributed by atoms with van der Waals surface area (Å²) in [7, 11) is 1.57. The molecule has 3 N–H and O–H groups in total. The Morgan fingerprint density at radius 3 is 2.56 bits per heavy atom. The Labute approximate surface area is 159 Å². The van der Waals surface area contributed by atoms with Gasteiger partial charge in [-0.25, -0.2) is 4.98 Å². The molecule has 0 saturated heterocycles. The third kappa shape index (κ3) is 3.88. The van der Waals surface area contributed by atoms with Crippen LogP contribution < -0.4 is 16.0 Å². The molecule has 2 aromatic rings. The summed E-state index contributed by atoms with van der Waals surface area (Å²) in [5, 5.41) is 8.81. The van der Waals surface area contributed by atoms with Gasteiger partial charge in [0.2, 0.25) is 5.91 Å². The number of carbonyl (C=O) groups excluding carboxylic acids is 2. The summed E-state index contributed by atoms with van der Waals surface area (Å²) in [5.41, 5.74) is 1.77. The van der Waals surface area contributed by atoms with E-state index >= 15 is 0 Å². The number of carbonyl (C=O) groups is 2. The number of benzene rings is 1. The minimum Gasteiger partial charge on any atom is -0.357 e. The zero-order valence-corrected chi connectivity index (χ0v) is 16.3. The van der Waals surface area contributed by atoms with Crippen LogP contribution in [0.2, 0.25) is 0 Å². The third-order valence-electron chi connectivity index (χ3n) is 4.77. The molecular formula is C20H27N5O2. The van der Waals surface area contributed by atoms with E-state index in [0.717, 1.165) is 30.2 Å². The van der Waals surface area contributed by atoms with Crippen molar-refractivity contribution in [2.24, 2.45) is 5.41 Å². The van der Waals surface area contributed by atoms with Gasteiger partial charge in [0.05, 0.1) is 5.69 Å². The molecule has 2 heterocycles. The minimum atomic E-state index is -0.649. The molecule has 0 fully saturated rings. The molecule has 1 aliphatic rings. The van der Waals surface area contributed by atoms with Gasteiger partial charge in [0.15, 0.2) is 5.69 Å². The molecule has 0 radical (unpaired) electrons. The first kappa shape index (κ1) is 19.1. The molecule has 0 spiro atoms. The molecule has 2 amide bonds. The number of likely N-dealkylation sites (N-methyl/N-ethyl adjacent to an activating group) is 1. The zero-order chi connectivity index (χ0) is 19.6. The van der Waals surface area contributed by atoms with Crippen LogP contribution in [-0.4, -0.2) is 41.0 Å². The molecule has 144 valence electrons. The molecule has 0 aliphatic carbocycles. The largest absolute Gasteiger partial charge is 0.357 e. The third-order valence-corrected chi connectivity index (χ3v) is 4.77. The molecular weight excluding hydrogens is 342 g/mol. The topological polar surface area (TPSA) is 88.1 Å². The van der Waals surface area contributed by atoms with E-state index in [0.29, 0.717) is 12.2 Å². The van der Waals surface area contributed by atoms with Crippen molar-refractivity contribution < 1.29 is 9.59 Å². The number of hydrogen-bond acceptors (Lipinski definition) is 4. The SMILES string of the molecule is CNC(=O)[C@H](NC(=O)c1nc(-c2ccccc2)n2c1CNCC2)C(C)(C)C. The predicted octanol–water partition coefficient (Wildman–Crippen LogP) is 1.54. The number of fused-ring (bicyclic) bond motifs is 1. The maximum atomic E-state index is 13.0. The van der Waals surface area contributed by atoms with Crippen LogP contribution in [0.1, 0.15) is 37.0 Å². The Kier molecular flexibility index (Phi) is 5.32. The van der Waals surface area contributed by atoms with Crippen LogP contribution in [0.15, 0.2) is 30.3 Å². The van der Waals surface area contributed by atoms with Crippen LogP contribution >= 0.6 is 0 Å². The average Bonchev–Trinajstić information content (AvgIpc) is 3.05. The summed E-state index contributed by atoms with van der Waals surface area (Å²) >= 11 is 0. The van der Waals surface area contributed by atoms with Crippen LogP contribution in [-0.2, 0) is 17.9 Å². The van der Waals surface area contributed by atoms with E-state index in [1.807, 2.05) is 51.1 Å². The van der Waals surface area contributed by atoms with Crippen molar-refractivity contribution in [1.29, 1.82) is 0 Å². The lowest BCUT2D eigenvalue weighted by molar-refractivity contribution is -0.124. The summed E-state index contributed by atoms with van der Waals surface area (Å²) in [6.45, 7) is 7.92. The first-order chi connectivity index (χ1) is 12.8. The fraction of sp³-hybridized carbons (Fsp3) is 0.450. The van der Waals surface area contributed by atoms with E-state index in [1.165, 1.54) is 0 Å². The molecule has 7 heteroatoms. The molecule has 3 rings (SSSR count). The highest BCUT2D eigenvalue weighted by Crippen LogP contribution is 2.25. The van der Waals surface area contributed by atoms with Crippen LogP contribution in [0.25, 0.3) is 11.4 Å². The monoisotopic (exact) mass is 369 g/mol. The number of aromatic nitrogens is 2. The second-order valence-corrected chi connectivity index (χ2v) is 7.81. The highest BCUT2D eigenvalue weighted by molar-refractivity contribution is 5.97. The summed E-state index contributed by atoms with van der Waals surface area (Å²) in [5.74, 6) is 0.239. The number of rotatable bonds is 4. The van der Waals surface area contributed by atoms with Crippen molar-refractivity contribution in [3.05, 3.63) is 41.7 Å². The average molecular weight is 369 g/mol. The van der Waals surface area contributed by atoms with Gasteiger partial charge < -0.3 is 20.5 Å². The molecule has 0 bridgehead atoms. The Hall–Kier alpha value is -2.67. The lowest BCUT2D eigenvalue weighted by Gasteiger charge is -2.29. The van der Waals surface area contributed by atoms with Crippen molar-refractivity contribution >= 4 is 11.8 Å². The Bertz CT molecular complexity index is 836. The summed E-state index contributed by atoms with van der Waals surface area (Å²) in [4.78, 5) is 30.0. The number of nitrogens with zero attached hydrogens (tertiary/aromatic N) is 2. The van der Waals surface area contributed by atoms with Crippen LogP contribution in [0.3, 0.4) is 0 Å². The standard InChI is InChI=1S/C20H27N5O2/c1-20(2,3)16(19(27)21-4)24-18(26)15-14-12-22-10-11-25(14)17(23-15)13-8-6-5-7-9-13/h5-9,16,22H,10-12H2,1-4H3,(H,21,27)(H,24,26)/t16-/m0/s1. The second-order valence-electron chi connectivity index (χ2n) is 7.81. The molecule has 1 aliphatic heterocycles. The Morgan fingerprint density at radius 1 is 1.22 bits per heavy atom. The molecule has 0 unspecified atom stereocenters. The van der Waals surface area contributed by atoms with Gasteiger partial charge in [-0.2, -0.15) is 0 Å². The van der Waals surface area contributed by atoms with Crippen molar-refractivity contribution in [2.45, 2.75) is 39.9 Å². The molecule has 0 saturated carbocycles. The van der Waals surface area contributed by atoms with E-state index in [1.54, 1.807) is 7.05 Å². The van der Waals surface area contributed by atoms with Crippen molar-refractivity contribution in [2.75, 3.05) is 13.6 Å². The Morgan fingerprint density at radius 2 is 1.93 bits per heavy atom. The maximum Gasteiger partial charge on any atom is 0.272 e. The van der Waals surface area contributed by atoms with Gasteiger partial charge in [0.25, 0.3) is 5.91 Å². The fourth-order valence-electron chi connectivity index (χ4n) is 3.31. The van der Waals surface area contributed by atoms with Crippen molar-refractivity contribution in [3.63, 3.8) is 0 Å². The number of imidazole rings is 1. The normalized spacial score (nSPS) is 15.0. The highest BCUT2D eigenvalue weighted by Gasteiger charge is 2.34. The smallest absolute Gasteiger partial charge is 0.272 e. The van der Waals surface area contributed by atoms with E-state index in [9.17, 15) is 9.59 Å². The van der Waals surface area contributed by atoms with Crippen LogP contribution in [0.5, 0.6) is 0 Å². The lowest BCUT2D eigenvalue weighted by Crippen LogP contribution is -2.53. The first-order valence-electron chi connectivity index (χ1n) is 9.21. The first-order valence-corrected chi connectivity index (χ1v) is 9.21. The van der Waals surface area contributed by atoms with Crippen LogP contribution in [0.4, 0.5) is 0 Å². The van der Waals surface area contributed by atoms with Crippen molar-refractivity contribution in [3.8, 4) is 11.4 Å². The predicted molar refractivity (Wildman–Crippen MR) is 104 cm³/mol. The van der Waals surface area contributed by atoms with Gasteiger partial charge >= 0.3 is 0 Å². The van der Waals surface area contributed by atoms with Crippen molar-refractivity contribution in [1.82, 2.24) is 25.5 Å². The van der Waals surface area contributed by atoms with Gasteiger partial charge in [-0.1, -0.05) is 51.1 Å².